The molecule has 0 fully saturated rings. The SMILES string of the molecule is C=C(C)Cc1ccc(C(=O)OC)cc1. The van der Waals surface area contributed by atoms with E-state index in [0.717, 1.165) is 17.6 Å². The van der Waals surface area contributed by atoms with Gasteiger partial charge in [-0.2, -0.15) is 0 Å². The summed E-state index contributed by atoms with van der Waals surface area (Å²) in [4.78, 5) is 11.1. The minimum absolute atomic E-state index is 0.299. The number of rotatable bonds is 3. The largest absolute Gasteiger partial charge is 0.465 e. The molecule has 0 radical (unpaired) electrons. The molecule has 14 heavy (non-hydrogen) atoms. The number of methoxy groups -OCH3 is 1. The van der Waals surface area contributed by atoms with Crippen LogP contribution in [0.2, 0.25) is 0 Å². The molecule has 0 aromatic heterocycles. The van der Waals surface area contributed by atoms with Crippen LogP contribution < -0.4 is 0 Å². The Morgan fingerprint density at radius 2 is 1.93 bits per heavy atom. The van der Waals surface area contributed by atoms with Gasteiger partial charge in [0.2, 0.25) is 0 Å². The molecule has 0 aliphatic rings. The van der Waals surface area contributed by atoms with Crippen LogP contribution >= 0.6 is 0 Å². The molecule has 0 saturated heterocycles. The molecule has 1 aromatic carbocycles. The Kier molecular flexibility index (Phi) is 3.46. The normalized spacial score (nSPS) is 9.57. The Morgan fingerprint density at radius 3 is 2.36 bits per heavy atom. The summed E-state index contributed by atoms with van der Waals surface area (Å²) in [5.41, 5.74) is 2.85. The second-order valence-corrected chi connectivity index (χ2v) is 3.32. The quantitative estimate of drug-likeness (QED) is 0.541. The molecule has 1 aromatic rings. The molecule has 0 unspecified atom stereocenters. The highest BCUT2D eigenvalue weighted by atomic mass is 16.5. The lowest BCUT2D eigenvalue weighted by Gasteiger charge is -2.02. The highest BCUT2D eigenvalue weighted by Gasteiger charge is 2.03. The van der Waals surface area contributed by atoms with Crippen LogP contribution in [0.1, 0.15) is 22.8 Å². The van der Waals surface area contributed by atoms with Crippen molar-refractivity contribution in [1.29, 1.82) is 0 Å². The number of carbonyl (C=O) groups is 1. The van der Waals surface area contributed by atoms with Gasteiger partial charge in [0.15, 0.2) is 0 Å². The van der Waals surface area contributed by atoms with E-state index in [2.05, 4.69) is 11.3 Å². The Bertz CT molecular complexity index is 336. The highest BCUT2D eigenvalue weighted by molar-refractivity contribution is 5.89. The van der Waals surface area contributed by atoms with Gasteiger partial charge in [-0.25, -0.2) is 4.79 Å². The van der Waals surface area contributed by atoms with Gasteiger partial charge in [-0.3, -0.25) is 0 Å². The molecule has 0 bridgehead atoms. The lowest BCUT2D eigenvalue weighted by molar-refractivity contribution is 0.0601. The topological polar surface area (TPSA) is 26.3 Å². The minimum Gasteiger partial charge on any atom is -0.465 e. The molecule has 0 spiro atoms. The summed E-state index contributed by atoms with van der Waals surface area (Å²) in [5.74, 6) is -0.299. The summed E-state index contributed by atoms with van der Waals surface area (Å²) < 4.78 is 4.60. The van der Waals surface area contributed by atoms with Crippen LogP contribution in [0.15, 0.2) is 36.4 Å². The van der Waals surface area contributed by atoms with Gasteiger partial charge in [0.25, 0.3) is 0 Å². The summed E-state index contributed by atoms with van der Waals surface area (Å²) in [6.45, 7) is 5.81. The second kappa shape index (κ2) is 4.61. The first-order valence-electron chi connectivity index (χ1n) is 4.45. The van der Waals surface area contributed by atoms with Crippen molar-refractivity contribution in [3.05, 3.63) is 47.5 Å². The molecule has 0 N–H and O–H groups in total. The van der Waals surface area contributed by atoms with Crippen LogP contribution in [-0.2, 0) is 11.2 Å². The van der Waals surface area contributed by atoms with Crippen LogP contribution in [0.4, 0.5) is 0 Å². The number of carbonyl (C=O) groups excluding carboxylic acids is 1. The maximum atomic E-state index is 11.1. The van der Waals surface area contributed by atoms with E-state index in [1.807, 2.05) is 19.1 Å². The van der Waals surface area contributed by atoms with Gasteiger partial charge < -0.3 is 4.74 Å². The van der Waals surface area contributed by atoms with E-state index in [1.54, 1.807) is 12.1 Å². The molecule has 2 nitrogen and oxygen atoms in total. The van der Waals surface area contributed by atoms with Crippen LogP contribution in [0.5, 0.6) is 0 Å². The first-order chi connectivity index (χ1) is 6.63. The van der Waals surface area contributed by atoms with Crippen molar-refractivity contribution in [2.45, 2.75) is 13.3 Å². The van der Waals surface area contributed by atoms with Gasteiger partial charge >= 0.3 is 5.97 Å². The smallest absolute Gasteiger partial charge is 0.337 e. The fourth-order valence-corrected chi connectivity index (χ4v) is 1.22. The molecule has 0 saturated carbocycles. The van der Waals surface area contributed by atoms with Gasteiger partial charge in [0.05, 0.1) is 12.7 Å². The lowest BCUT2D eigenvalue weighted by atomic mass is 10.1. The third-order valence-electron chi connectivity index (χ3n) is 1.88. The summed E-state index contributed by atoms with van der Waals surface area (Å²) in [6.07, 6.45) is 0.849. The van der Waals surface area contributed by atoms with Crippen molar-refractivity contribution < 1.29 is 9.53 Å². The van der Waals surface area contributed by atoms with Crippen molar-refractivity contribution in [1.82, 2.24) is 0 Å². The molecule has 0 amide bonds. The zero-order valence-electron chi connectivity index (χ0n) is 8.54. The predicted molar refractivity (Wildman–Crippen MR) is 56.3 cm³/mol. The lowest BCUT2D eigenvalue weighted by Crippen LogP contribution is -2.00. The maximum Gasteiger partial charge on any atom is 0.337 e. The highest BCUT2D eigenvalue weighted by Crippen LogP contribution is 2.09. The number of allylic oxidation sites excluding steroid dienone is 1. The molecule has 74 valence electrons. The predicted octanol–water partition coefficient (Wildman–Crippen LogP) is 2.59. The third-order valence-corrected chi connectivity index (χ3v) is 1.88. The average molecular weight is 190 g/mol. The number of ether oxygens (including phenoxy) is 1. The molecule has 1 rings (SSSR count). The van der Waals surface area contributed by atoms with Gasteiger partial charge in [0.1, 0.15) is 0 Å². The van der Waals surface area contributed by atoms with Crippen LogP contribution in [-0.4, -0.2) is 13.1 Å². The summed E-state index contributed by atoms with van der Waals surface area (Å²) in [6, 6.07) is 7.37. The molecule has 0 atom stereocenters. The average Bonchev–Trinajstić information content (AvgIpc) is 2.17. The van der Waals surface area contributed by atoms with Crippen molar-refractivity contribution in [3.8, 4) is 0 Å². The number of esters is 1. The van der Waals surface area contributed by atoms with Crippen LogP contribution in [0.25, 0.3) is 0 Å². The molecule has 0 heterocycles. The monoisotopic (exact) mass is 190 g/mol. The molecule has 2 heteroatoms. The Labute approximate surface area is 84.2 Å². The van der Waals surface area contributed by atoms with E-state index < -0.39 is 0 Å². The minimum atomic E-state index is -0.299. The third kappa shape index (κ3) is 2.73. The van der Waals surface area contributed by atoms with Crippen molar-refractivity contribution in [2.75, 3.05) is 7.11 Å². The summed E-state index contributed by atoms with van der Waals surface area (Å²) >= 11 is 0. The maximum absolute atomic E-state index is 11.1. The Morgan fingerprint density at radius 1 is 1.36 bits per heavy atom. The van der Waals surface area contributed by atoms with Crippen molar-refractivity contribution >= 4 is 5.97 Å². The van der Waals surface area contributed by atoms with E-state index in [0.29, 0.717) is 5.56 Å². The van der Waals surface area contributed by atoms with Gasteiger partial charge in [-0.1, -0.05) is 24.3 Å². The number of benzene rings is 1. The zero-order valence-corrected chi connectivity index (χ0v) is 8.54. The van der Waals surface area contributed by atoms with E-state index in [-0.39, 0.29) is 5.97 Å². The number of hydrogen-bond donors (Lipinski definition) is 0. The molecular weight excluding hydrogens is 176 g/mol. The number of hydrogen-bond acceptors (Lipinski definition) is 2. The van der Waals surface area contributed by atoms with Gasteiger partial charge in [-0.15, -0.1) is 0 Å². The van der Waals surface area contributed by atoms with Crippen molar-refractivity contribution in [3.63, 3.8) is 0 Å². The fraction of sp³-hybridized carbons (Fsp3) is 0.250. The Hall–Kier alpha value is -1.57. The summed E-state index contributed by atoms with van der Waals surface area (Å²) in [7, 11) is 1.38. The van der Waals surface area contributed by atoms with E-state index >= 15 is 0 Å². The first kappa shape index (κ1) is 10.5. The van der Waals surface area contributed by atoms with Crippen LogP contribution in [0.3, 0.4) is 0 Å². The van der Waals surface area contributed by atoms with Crippen molar-refractivity contribution in [2.24, 2.45) is 0 Å². The van der Waals surface area contributed by atoms with E-state index in [9.17, 15) is 4.79 Å². The first-order valence-corrected chi connectivity index (χ1v) is 4.45. The summed E-state index contributed by atoms with van der Waals surface area (Å²) in [5, 5.41) is 0. The second-order valence-electron chi connectivity index (χ2n) is 3.32. The standard InChI is InChI=1S/C12H14O2/c1-9(2)8-10-4-6-11(7-5-10)12(13)14-3/h4-7H,1,8H2,2-3H3. The molecule has 0 aliphatic heterocycles. The molecular formula is C12H14O2. The molecule has 0 aliphatic carbocycles. The fourth-order valence-electron chi connectivity index (χ4n) is 1.22. The Balaban J connectivity index is 2.78. The zero-order chi connectivity index (χ0) is 10.6. The van der Waals surface area contributed by atoms with Gasteiger partial charge in [0, 0.05) is 0 Å². The van der Waals surface area contributed by atoms with Gasteiger partial charge in [-0.05, 0) is 31.0 Å². The van der Waals surface area contributed by atoms with E-state index in [4.69, 9.17) is 0 Å². The van der Waals surface area contributed by atoms with E-state index in [1.165, 1.54) is 7.11 Å². The van der Waals surface area contributed by atoms with Crippen LogP contribution in [0, 0.1) is 0 Å².